The van der Waals surface area contributed by atoms with Crippen molar-refractivity contribution in [3.05, 3.63) is 59.1 Å². The number of carbonyl (C=O) groups is 1. The molecular formula is C15H10ClF3N2O2S. The molecular weight excluding hydrogens is 365 g/mol. The van der Waals surface area contributed by atoms with E-state index in [0.29, 0.717) is 11.3 Å². The first-order valence-corrected chi connectivity index (χ1v) is 7.26. The number of carbonyl (C=O) groups excluding carboxylic acids is 1. The topological polar surface area (TPSA) is 50.4 Å². The minimum absolute atomic E-state index is 0.0237. The Labute approximate surface area is 145 Å². The second-order valence-corrected chi connectivity index (χ2v) is 5.28. The van der Waals surface area contributed by atoms with Crippen LogP contribution in [0.2, 0.25) is 5.02 Å². The Hall–Kier alpha value is -2.32. The molecule has 24 heavy (non-hydrogen) atoms. The van der Waals surface area contributed by atoms with Gasteiger partial charge in [0.1, 0.15) is 5.75 Å². The van der Waals surface area contributed by atoms with Gasteiger partial charge in [-0.1, -0.05) is 29.8 Å². The molecule has 2 rings (SSSR count). The average Bonchev–Trinajstić information content (AvgIpc) is 2.49. The van der Waals surface area contributed by atoms with Gasteiger partial charge in [0.05, 0.1) is 5.02 Å². The van der Waals surface area contributed by atoms with Crippen LogP contribution in [0.1, 0.15) is 10.4 Å². The fourth-order valence-electron chi connectivity index (χ4n) is 1.71. The highest BCUT2D eigenvalue weighted by atomic mass is 35.5. The molecule has 0 unspecified atom stereocenters. The van der Waals surface area contributed by atoms with E-state index in [2.05, 4.69) is 15.4 Å². The number of thiocarbonyl (C=S) groups is 1. The van der Waals surface area contributed by atoms with Crippen LogP contribution in [-0.2, 0) is 0 Å². The van der Waals surface area contributed by atoms with Gasteiger partial charge in [-0.15, -0.1) is 13.2 Å². The molecule has 0 aromatic heterocycles. The average molecular weight is 375 g/mol. The number of amides is 1. The summed E-state index contributed by atoms with van der Waals surface area (Å²) < 4.78 is 40.3. The summed E-state index contributed by atoms with van der Waals surface area (Å²) >= 11 is 10.7. The summed E-state index contributed by atoms with van der Waals surface area (Å²) in [5.41, 5.74) is 0.710. The number of nitrogens with one attached hydrogen (secondary N) is 2. The van der Waals surface area contributed by atoms with Gasteiger partial charge in [-0.3, -0.25) is 10.1 Å². The maximum absolute atomic E-state index is 12.2. The van der Waals surface area contributed by atoms with Crippen molar-refractivity contribution in [1.82, 2.24) is 5.32 Å². The number of alkyl halides is 3. The van der Waals surface area contributed by atoms with Crippen LogP contribution in [0.25, 0.3) is 0 Å². The van der Waals surface area contributed by atoms with Crippen LogP contribution >= 0.6 is 23.8 Å². The Kier molecular flexibility index (Phi) is 5.63. The zero-order valence-corrected chi connectivity index (χ0v) is 13.4. The standard InChI is InChI=1S/C15H10ClF3N2O2S/c16-11-8-10(6-7-12(11)23-15(17,18)19)20-14(24)21-13(22)9-4-2-1-3-5-9/h1-8H,(H2,20,21,22,24). The fraction of sp³-hybridized carbons (Fsp3) is 0.0667. The Morgan fingerprint density at radius 3 is 2.38 bits per heavy atom. The molecule has 0 bridgehead atoms. The number of rotatable bonds is 3. The van der Waals surface area contributed by atoms with Crippen LogP contribution in [0.15, 0.2) is 48.5 Å². The van der Waals surface area contributed by atoms with Crippen LogP contribution in [0, 0.1) is 0 Å². The Morgan fingerprint density at radius 2 is 1.79 bits per heavy atom. The van der Waals surface area contributed by atoms with Crippen LogP contribution in [-0.4, -0.2) is 17.4 Å². The molecule has 0 saturated carbocycles. The maximum Gasteiger partial charge on any atom is 0.573 e. The number of hydrogen-bond acceptors (Lipinski definition) is 3. The molecule has 0 aliphatic carbocycles. The van der Waals surface area contributed by atoms with Crippen molar-refractivity contribution in [1.29, 1.82) is 0 Å². The third kappa shape index (κ3) is 5.39. The van der Waals surface area contributed by atoms with Gasteiger partial charge in [0, 0.05) is 11.3 Å². The summed E-state index contributed by atoms with van der Waals surface area (Å²) in [7, 11) is 0. The zero-order valence-electron chi connectivity index (χ0n) is 11.9. The number of halogens is 4. The van der Waals surface area contributed by atoms with Crippen LogP contribution < -0.4 is 15.4 Å². The first-order valence-electron chi connectivity index (χ1n) is 6.47. The lowest BCUT2D eigenvalue weighted by molar-refractivity contribution is -0.274. The van der Waals surface area contributed by atoms with Crippen molar-refractivity contribution in [2.24, 2.45) is 0 Å². The van der Waals surface area contributed by atoms with Crippen molar-refractivity contribution in [3.8, 4) is 5.75 Å². The summed E-state index contributed by atoms with van der Waals surface area (Å²) in [4.78, 5) is 11.9. The molecule has 0 heterocycles. The molecule has 1 amide bonds. The monoisotopic (exact) mass is 374 g/mol. The number of ether oxygens (including phenoxy) is 1. The van der Waals surface area contributed by atoms with Crippen molar-refractivity contribution >= 4 is 40.5 Å². The molecule has 0 fully saturated rings. The number of anilines is 1. The van der Waals surface area contributed by atoms with Crippen molar-refractivity contribution < 1.29 is 22.7 Å². The first-order chi connectivity index (χ1) is 11.2. The molecule has 2 aromatic carbocycles. The van der Waals surface area contributed by atoms with E-state index in [1.54, 1.807) is 30.3 Å². The first kappa shape index (κ1) is 18.0. The van der Waals surface area contributed by atoms with Gasteiger partial charge in [-0.25, -0.2) is 0 Å². The van der Waals surface area contributed by atoms with E-state index in [1.165, 1.54) is 12.1 Å². The smallest absolute Gasteiger partial charge is 0.404 e. The van der Waals surface area contributed by atoms with Gasteiger partial charge in [0.2, 0.25) is 0 Å². The highest BCUT2D eigenvalue weighted by molar-refractivity contribution is 7.80. The van der Waals surface area contributed by atoms with E-state index < -0.39 is 18.0 Å². The van der Waals surface area contributed by atoms with Crippen molar-refractivity contribution in [2.45, 2.75) is 6.36 Å². The van der Waals surface area contributed by atoms with Gasteiger partial charge >= 0.3 is 6.36 Å². The molecule has 9 heteroatoms. The van der Waals surface area contributed by atoms with Crippen LogP contribution in [0.5, 0.6) is 5.75 Å². The Morgan fingerprint density at radius 1 is 1.12 bits per heavy atom. The lowest BCUT2D eigenvalue weighted by Gasteiger charge is -2.13. The van der Waals surface area contributed by atoms with E-state index in [1.807, 2.05) is 0 Å². The molecule has 0 aliphatic heterocycles. The molecule has 0 aliphatic rings. The minimum atomic E-state index is -4.84. The van der Waals surface area contributed by atoms with Gasteiger partial charge < -0.3 is 10.1 Å². The Balaban J connectivity index is 1.99. The van der Waals surface area contributed by atoms with Crippen LogP contribution in [0.3, 0.4) is 0 Å². The number of hydrogen-bond donors (Lipinski definition) is 2. The molecule has 0 saturated heterocycles. The summed E-state index contributed by atoms with van der Waals surface area (Å²) in [5, 5.41) is 4.82. The lowest BCUT2D eigenvalue weighted by atomic mass is 10.2. The van der Waals surface area contributed by atoms with E-state index in [4.69, 9.17) is 23.8 Å². The van der Waals surface area contributed by atoms with Crippen LogP contribution in [0.4, 0.5) is 18.9 Å². The molecule has 0 atom stereocenters. The number of benzene rings is 2. The summed E-state index contributed by atoms with van der Waals surface area (Å²) in [5.74, 6) is -0.954. The maximum atomic E-state index is 12.2. The van der Waals surface area contributed by atoms with E-state index >= 15 is 0 Å². The zero-order chi connectivity index (χ0) is 17.7. The van der Waals surface area contributed by atoms with Crippen molar-refractivity contribution in [3.63, 3.8) is 0 Å². The van der Waals surface area contributed by atoms with Gasteiger partial charge in [0.15, 0.2) is 5.11 Å². The molecule has 2 aromatic rings. The van der Waals surface area contributed by atoms with Gasteiger partial charge in [-0.05, 0) is 42.5 Å². The highest BCUT2D eigenvalue weighted by Crippen LogP contribution is 2.32. The normalized spacial score (nSPS) is 10.8. The second-order valence-electron chi connectivity index (χ2n) is 4.47. The van der Waals surface area contributed by atoms with E-state index in [0.717, 1.165) is 6.07 Å². The molecule has 0 spiro atoms. The Bertz CT molecular complexity index is 754. The second kappa shape index (κ2) is 7.50. The van der Waals surface area contributed by atoms with E-state index in [9.17, 15) is 18.0 Å². The summed E-state index contributed by atoms with van der Waals surface area (Å²) in [6.07, 6.45) is -4.84. The summed E-state index contributed by atoms with van der Waals surface area (Å²) in [6.45, 7) is 0. The third-order valence-corrected chi connectivity index (χ3v) is 3.18. The fourth-order valence-corrected chi connectivity index (χ4v) is 2.14. The van der Waals surface area contributed by atoms with Gasteiger partial charge in [-0.2, -0.15) is 0 Å². The quantitative estimate of drug-likeness (QED) is 0.783. The summed E-state index contributed by atoms with van der Waals surface area (Å²) in [6, 6.07) is 11.9. The molecule has 4 nitrogen and oxygen atoms in total. The predicted octanol–water partition coefficient (Wildman–Crippen LogP) is 4.37. The van der Waals surface area contributed by atoms with Gasteiger partial charge in [0.25, 0.3) is 5.91 Å². The SMILES string of the molecule is O=C(NC(=S)Nc1ccc(OC(F)(F)F)c(Cl)c1)c1ccccc1. The lowest BCUT2D eigenvalue weighted by Crippen LogP contribution is -2.34. The van der Waals surface area contributed by atoms with E-state index in [-0.39, 0.29) is 10.1 Å². The molecule has 2 N–H and O–H groups in total. The largest absolute Gasteiger partial charge is 0.573 e. The molecule has 0 radical (unpaired) electrons. The minimum Gasteiger partial charge on any atom is -0.404 e. The predicted molar refractivity (Wildman–Crippen MR) is 88.3 cm³/mol. The highest BCUT2D eigenvalue weighted by Gasteiger charge is 2.32. The molecule has 126 valence electrons. The van der Waals surface area contributed by atoms with Crippen molar-refractivity contribution in [2.75, 3.05) is 5.32 Å². The third-order valence-electron chi connectivity index (χ3n) is 2.68.